The molecule has 20 heavy (non-hydrogen) atoms. The first-order valence-electron chi connectivity index (χ1n) is 6.41. The van der Waals surface area contributed by atoms with E-state index in [2.05, 4.69) is 15.9 Å². The summed E-state index contributed by atoms with van der Waals surface area (Å²) in [7, 11) is 0. The van der Waals surface area contributed by atoms with Gasteiger partial charge in [0.1, 0.15) is 11.6 Å². The van der Waals surface area contributed by atoms with Gasteiger partial charge in [0.2, 0.25) is 0 Å². The lowest BCUT2D eigenvalue weighted by atomic mass is 9.98. The van der Waals surface area contributed by atoms with E-state index in [0.29, 0.717) is 6.42 Å². The molecule has 0 heterocycles. The molecule has 1 atom stereocenters. The number of halogens is 3. The lowest BCUT2D eigenvalue weighted by Crippen LogP contribution is -2.26. The molecule has 4 heteroatoms. The van der Waals surface area contributed by atoms with Crippen molar-refractivity contribution in [3.63, 3.8) is 0 Å². The lowest BCUT2D eigenvalue weighted by Gasteiger charge is -2.14. The van der Waals surface area contributed by atoms with Crippen molar-refractivity contribution in [2.75, 3.05) is 0 Å². The molecule has 0 saturated heterocycles. The SMILES string of the molecule is Cc1ccc(CC(N)Cc2c(F)ccc(Br)c2F)cc1. The highest BCUT2D eigenvalue weighted by Crippen LogP contribution is 2.23. The smallest absolute Gasteiger partial charge is 0.143 e. The van der Waals surface area contributed by atoms with Crippen molar-refractivity contribution in [1.82, 2.24) is 0 Å². The van der Waals surface area contributed by atoms with E-state index in [0.717, 1.165) is 5.56 Å². The first-order valence-corrected chi connectivity index (χ1v) is 7.20. The van der Waals surface area contributed by atoms with Gasteiger partial charge in [0, 0.05) is 11.6 Å². The number of aryl methyl sites for hydroxylation is 1. The minimum absolute atomic E-state index is 0.0407. The fourth-order valence-electron chi connectivity index (χ4n) is 2.12. The topological polar surface area (TPSA) is 26.0 Å². The molecule has 2 aromatic rings. The zero-order valence-corrected chi connectivity index (χ0v) is 12.8. The molecule has 2 N–H and O–H groups in total. The third-order valence-electron chi connectivity index (χ3n) is 3.22. The summed E-state index contributed by atoms with van der Waals surface area (Å²) in [5.74, 6) is -1.12. The predicted octanol–water partition coefficient (Wildman–Crippen LogP) is 4.15. The van der Waals surface area contributed by atoms with E-state index in [1.165, 1.54) is 17.7 Å². The molecule has 1 nitrogen and oxygen atoms in total. The summed E-state index contributed by atoms with van der Waals surface area (Å²) in [6.45, 7) is 2.01. The average Bonchev–Trinajstić information content (AvgIpc) is 2.42. The molecule has 0 bridgehead atoms. The summed E-state index contributed by atoms with van der Waals surface area (Å²) in [4.78, 5) is 0. The third-order valence-corrected chi connectivity index (χ3v) is 3.84. The van der Waals surface area contributed by atoms with Gasteiger partial charge in [-0.05, 0) is 53.4 Å². The van der Waals surface area contributed by atoms with Crippen LogP contribution in [-0.2, 0) is 12.8 Å². The van der Waals surface area contributed by atoms with Crippen LogP contribution < -0.4 is 5.73 Å². The zero-order chi connectivity index (χ0) is 14.7. The average molecular weight is 340 g/mol. The Hall–Kier alpha value is -1.26. The molecule has 0 fully saturated rings. The highest BCUT2D eigenvalue weighted by atomic mass is 79.9. The quantitative estimate of drug-likeness (QED) is 0.832. The van der Waals surface area contributed by atoms with Gasteiger partial charge >= 0.3 is 0 Å². The van der Waals surface area contributed by atoms with Gasteiger partial charge in [-0.25, -0.2) is 8.78 Å². The van der Waals surface area contributed by atoms with Crippen molar-refractivity contribution in [2.45, 2.75) is 25.8 Å². The molecular weight excluding hydrogens is 324 g/mol. The van der Waals surface area contributed by atoms with Crippen molar-refractivity contribution >= 4 is 15.9 Å². The van der Waals surface area contributed by atoms with Gasteiger partial charge in [0.25, 0.3) is 0 Å². The highest BCUT2D eigenvalue weighted by Gasteiger charge is 2.15. The molecule has 0 saturated carbocycles. The van der Waals surface area contributed by atoms with E-state index in [1.54, 1.807) is 0 Å². The maximum atomic E-state index is 13.9. The molecule has 0 aliphatic carbocycles. The van der Waals surface area contributed by atoms with E-state index in [9.17, 15) is 8.78 Å². The van der Waals surface area contributed by atoms with E-state index in [4.69, 9.17) is 5.73 Å². The van der Waals surface area contributed by atoms with Crippen LogP contribution in [0.1, 0.15) is 16.7 Å². The van der Waals surface area contributed by atoms with Crippen LogP contribution in [0.4, 0.5) is 8.78 Å². The second-order valence-corrected chi connectivity index (χ2v) is 5.83. The summed E-state index contributed by atoms with van der Waals surface area (Å²) < 4.78 is 27.8. The molecule has 2 aromatic carbocycles. The summed E-state index contributed by atoms with van der Waals surface area (Å²) >= 11 is 3.06. The third kappa shape index (κ3) is 3.64. The van der Waals surface area contributed by atoms with Crippen molar-refractivity contribution in [1.29, 1.82) is 0 Å². The number of nitrogens with two attached hydrogens (primary N) is 1. The van der Waals surface area contributed by atoms with Gasteiger partial charge in [0.05, 0.1) is 4.47 Å². The lowest BCUT2D eigenvalue weighted by molar-refractivity contribution is 0.530. The van der Waals surface area contributed by atoms with Crippen LogP contribution in [0, 0.1) is 18.6 Å². The van der Waals surface area contributed by atoms with Gasteiger partial charge in [-0.2, -0.15) is 0 Å². The van der Waals surface area contributed by atoms with Crippen LogP contribution in [0.3, 0.4) is 0 Å². The molecule has 106 valence electrons. The second-order valence-electron chi connectivity index (χ2n) is 4.98. The first kappa shape index (κ1) is 15.1. The van der Waals surface area contributed by atoms with Crippen LogP contribution >= 0.6 is 15.9 Å². The Bertz CT molecular complexity index is 596. The molecule has 0 aromatic heterocycles. The summed E-state index contributed by atoms with van der Waals surface area (Å²) in [5.41, 5.74) is 8.30. The number of rotatable bonds is 4. The number of hydrogen-bond acceptors (Lipinski definition) is 1. The standard InChI is InChI=1S/C16H16BrF2N/c1-10-2-4-11(5-3-10)8-12(20)9-13-15(18)7-6-14(17)16(13)19/h2-7,12H,8-9,20H2,1H3. The van der Waals surface area contributed by atoms with Crippen LogP contribution in [0.5, 0.6) is 0 Å². The second kappa shape index (κ2) is 6.46. The van der Waals surface area contributed by atoms with Crippen molar-refractivity contribution in [2.24, 2.45) is 5.73 Å². The number of hydrogen-bond donors (Lipinski definition) is 1. The van der Waals surface area contributed by atoms with Gasteiger partial charge in [-0.3, -0.25) is 0 Å². The maximum Gasteiger partial charge on any atom is 0.143 e. The Labute approximate surface area is 125 Å². The maximum absolute atomic E-state index is 13.9. The fraction of sp³-hybridized carbons (Fsp3) is 0.250. The van der Waals surface area contributed by atoms with Crippen LogP contribution in [0.15, 0.2) is 40.9 Å². The Kier molecular flexibility index (Phi) is 4.89. The van der Waals surface area contributed by atoms with Gasteiger partial charge in [-0.1, -0.05) is 29.8 Å². The van der Waals surface area contributed by atoms with Crippen molar-refractivity contribution in [3.05, 3.63) is 69.2 Å². The zero-order valence-electron chi connectivity index (χ0n) is 11.2. The molecule has 0 aliphatic heterocycles. The summed E-state index contributed by atoms with van der Waals surface area (Å²) in [5, 5.41) is 0. The van der Waals surface area contributed by atoms with E-state index in [-0.39, 0.29) is 22.5 Å². The van der Waals surface area contributed by atoms with Crippen LogP contribution in [0.25, 0.3) is 0 Å². The Balaban J connectivity index is 2.10. The van der Waals surface area contributed by atoms with Gasteiger partial charge in [-0.15, -0.1) is 0 Å². The van der Waals surface area contributed by atoms with Crippen molar-refractivity contribution < 1.29 is 8.78 Å². The molecule has 0 amide bonds. The Morgan fingerprint density at radius 1 is 1.05 bits per heavy atom. The van der Waals surface area contributed by atoms with E-state index < -0.39 is 11.6 Å². The molecular formula is C16H16BrF2N. The van der Waals surface area contributed by atoms with Gasteiger partial charge < -0.3 is 5.73 Å². The minimum atomic E-state index is -0.565. The largest absolute Gasteiger partial charge is 0.327 e. The fourth-order valence-corrected chi connectivity index (χ4v) is 2.49. The van der Waals surface area contributed by atoms with Crippen LogP contribution in [-0.4, -0.2) is 6.04 Å². The summed E-state index contributed by atoms with van der Waals surface area (Å²) in [6, 6.07) is 10.3. The van der Waals surface area contributed by atoms with Crippen molar-refractivity contribution in [3.8, 4) is 0 Å². The van der Waals surface area contributed by atoms with Crippen LogP contribution in [0.2, 0.25) is 0 Å². The Morgan fingerprint density at radius 3 is 2.35 bits per heavy atom. The highest BCUT2D eigenvalue weighted by molar-refractivity contribution is 9.10. The molecule has 1 unspecified atom stereocenters. The molecule has 0 aliphatic rings. The van der Waals surface area contributed by atoms with E-state index >= 15 is 0 Å². The number of benzene rings is 2. The molecule has 0 radical (unpaired) electrons. The van der Waals surface area contributed by atoms with E-state index in [1.807, 2.05) is 31.2 Å². The normalized spacial score (nSPS) is 12.4. The predicted molar refractivity (Wildman–Crippen MR) is 80.6 cm³/mol. The first-order chi connectivity index (χ1) is 9.47. The summed E-state index contributed by atoms with van der Waals surface area (Å²) in [6.07, 6.45) is 0.761. The monoisotopic (exact) mass is 339 g/mol. The van der Waals surface area contributed by atoms with Gasteiger partial charge in [0.15, 0.2) is 0 Å². The minimum Gasteiger partial charge on any atom is -0.327 e. The Morgan fingerprint density at radius 2 is 1.70 bits per heavy atom. The molecule has 2 rings (SSSR count). The molecule has 0 spiro atoms.